The minimum atomic E-state index is -0.597. The number of esters is 1. The van der Waals surface area contributed by atoms with Gasteiger partial charge in [0.1, 0.15) is 17.2 Å². The fraction of sp³-hybridized carbons (Fsp3) is 0.250. The second-order valence-electron chi connectivity index (χ2n) is 5.06. The summed E-state index contributed by atoms with van der Waals surface area (Å²) in [6.45, 7) is 0. The highest BCUT2D eigenvalue weighted by molar-refractivity contribution is 5.94. The van der Waals surface area contributed by atoms with E-state index in [0.29, 0.717) is 5.82 Å². The summed E-state index contributed by atoms with van der Waals surface area (Å²) in [4.78, 5) is 15.7. The van der Waals surface area contributed by atoms with Crippen LogP contribution in [0.2, 0.25) is 0 Å². The molecule has 5 heteroatoms. The number of halogens is 1. The Kier molecular flexibility index (Phi) is 3.56. The van der Waals surface area contributed by atoms with Gasteiger partial charge in [0.2, 0.25) is 0 Å². The highest BCUT2D eigenvalue weighted by atomic mass is 19.1. The maximum absolute atomic E-state index is 13.3. The molecular formula is C16H15FN2O2. The number of aromatic nitrogens is 1. The molecule has 1 aromatic carbocycles. The van der Waals surface area contributed by atoms with E-state index in [1.165, 1.54) is 18.2 Å². The summed E-state index contributed by atoms with van der Waals surface area (Å²) in [5, 5.41) is 3.22. The molecule has 1 aromatic heterocycles. The van der Waals surface area contributed by atoms with Crippen molar-refractivity contribution in [3.63, 3.8) is 0 Å². The Morgan fingerprint density at radius 2 is 2.00 bits per heavy atom. The first-order valence-electron chi connectivity index (χ1n) is 6.74. The summed E-state index contributed by atoms with van der Waals surface area (Å²) in [6.07, 6.45) is 2.81. The maximum atomic E-state index is 13.3. The molecule has 0 amide bonds. The van der Waals surface area contributed by atoms with Gasteiger partial charge in [-0.25, -0.2) is 14.2 Å². The highest BCUT2D eigenvalue weighted by Gasteiger charge is 2.23. The average molecular weight is 286 g/mol. The second-order valence-corrected chi connectivity index (χ2v) is 5.06. The number of pyridine rings is 1. The number of hydrogen-bond donors (Lipinski definition) is 1. The lowest BCUT2D eigenvalue weighted by molar-refractivity contribution is 0.0601. The van der Waals surface area contributed by atoms with Crippen LogP contribution in [0.4, 0.5) is 10.2 Å². The summed E-state index contributed by atoms with van der Waals surface area (Å²) in [5.74, 6) is -0.795. The highest BCUT2D eigenvalue weighted by Crippen LogP contribution is 2.25. The molecule has 108 valence electrons. The van der Waals surface area contributed by atoms with E-state index in [2.05, 4.69) is 27.2 Å². The summed E-state index contributed by atoms with van der Waals surface area (Å²) in [7, 11) is 1.27. The zero-order chi connectivity index (χ0) is 14.8. The van der Waals surface area contributed by atoms with Gasteiger partial charge < -0.3 is 10.1 Å². The van der Waals surface area contributed by atoms with E-state index in [4.69, 9.17) is 0 Å². The monoisotopic (exact) mass is 286 g/mol. The zero-order valence-electron chi connectivity index (χ0n) is 11.6. The van der Waals surface area contributed by atoms with Crippen molar-refractivity contribution in [3.8, 4) is 0 Å². The number of carbonyl (C=O) groups excluding carboxylic acids is 1. The lowest BCUT2D eigenvalue weighted by Crippen LogP contribution is -2.22. The summed E-state index contributed by atoms with van der Waals surface area (Å²) >= 11 is 0. The first-order valence-corrected chi connectivity index (χ1v) is 6.74. The predicted molar refractivity (Wildman–Crippen MR) is 76.8 cm³/mol. The van der Waals surface area contributed by atoms with Gasteiger partial charge in [0.25, 0.3) is 0 Å². The molecular weight excluding hydrogens is 271 g/mol. The minimum Gasteiger partial charge on any atom is -0.465 e. The molecule has 0 saturated carbocycles. The zero-order valence-corrected chi connectivity index (χ0v) is 11.6. The Bertz CT molecular complexity index is 663. The molecule has 0 saturated heterocycles. The van der Waals surface area contributed by atoms with E-state index in [1.54, 1.807) is 0 Å². The number of benzene rings is 1. The number of nitrogens with one attached hydrogen (secondary N) is 1. The van der Waals surface area contributed by atoms with Gasteiger partial charge in [-0.05, 0) is 30.0 Å². The van der Waals surface area contributed by atoms with E-state index < -0.39 is 11.8 Å². The fourth-order valence-corrected chi connectivity index (χ4v) is 2.67. The van der Waals surface area contributed by atoms with Crippen LogP contribution in [-0.2, 0) is 17.6 Å². The van der Waals surface area contributed by atoms with Crippen LogP contribution in [-0.4, -0.2) is 24.1 Å². The number of carbonyl (C=O) groups is 1. The van der Waals surface area contributed by atoms with Gasteiger partial charge in [-0.1, -0.05) is 24.3 Å². The summed E-state index contributed by atoms with van der Waals surface area (Å²) in [5.41, 5.74) is 2.70. The molecule has 3 rings (SSSR count). The number of ether oxygens (including phenoxy) is 1. The van der Waals surface area contributed by atoms with Gasteiger partial charge in [0.05, 0.1) is 13.3 Å². The topological polar surface area (TPSA) is 51.2 Å². The molecule has 21 heavy (non-hydrogen) atoms. The molecule has 2 aromatic rings. The Hall–Kier alpha value is -2.43. The number of methoxy groups -OCH3 is 1. The van der Waals surface area contributed by atoms with Crippen LogP contribution in [0.1, 0.15) is 21.5 Å². The van der Waals surface area contributed by atoms with Gasteiger partial charge >= 0.3 is 5.97 Å². The normalized spacial score (nSPS) is 13.8. The number of nitrogens with zero attached hydrogens (tertiary/aromatic N) is 1. The molecule has 0 bridgehead atoms. The molecule has 4 nitrogen and oxygen atoms in total. The standard InChI is InChI=1S/C16H15FN2O2/c1-21-16(20)14-8-12(17)9-18-15(14)19-13-6-10-4-2-3-5-11(10)7-13/h2-5,8-9,13H,6-7H2,1H3,(H,18,19). The van der Waals surface area contributed by atoms with Gasteiger partial charge in [-0.15, -0.1) is 0 Å². The van der Waals surface area contributed by atoms with Crippen LogP contribution in [0.5, 0.6) is 0 Å². The number of hydrogen-bond acceptors (Lipinski definition) is 4. The molecule has 0 fully saturated rings. The third kappa shape index (κ3) is 2.72. The first-order chi connectivity index (χ1) is 10.2. The molecule has 1 aliphatic rings. The second kappa shape index (κ2) is 5.52. The van der Waals surface area contributed by atoms with Crippen LogP contribution in [0.25, 0.3) is 0 Å². The van der Waals surface area contributed by atoms with E-state index in [9.17, 15) is 9.18 Å². The predicted octanol–water partition coefficient (Wildman–Crippen LogP) is 2.59. The first kappa shape index (κ1) is 13.5. The Balaban J connectivity index is 1.82. The van der Waals surface area contributed by atoms with Crippen molar-refractivity contribution in [2.24, 2.45) is 0 Å². The van der Waals surface area contributed by atoms with E-state index in [-0.39, 0.29) is 11.6 Å². The smallest absolute Gasteiger partial charge is 0.341 e. The van der Waals surface area contributed by atoms with Crippen molar-refractivity contribution in [3.05, 3.63) is 59.0 Å². The maximum Gasteiger partial charge on any atom is 0.341 e. The van der Waals surface area contributed by atoms with Crippen LogP contribution < -0.4 is 5.32 Å². The van der Waals surface area contributed by atoms with Gasteiger partial charge in [-0.2, -0.15) is 0 Å². The van der Waals surface area contributed by atoms with E-state index >= 15 is 0 Å². The summed E-state index contributed by atoms with van der Waals surface area (Å²) < 4.78 is 17.9. The fourth-order valence-electron chi connectivity index (χ4n) is 2.67. The number of rotatable bonds is 3. The average Bonchev–Trinajstić information content (AvgIpc) is 2.90. The summed E-state index contributed by atoms with van der Waals surface area (Å²) in [6, 6.07) is 9.49. The molecule has 0 aliphatic heterocycles. The van der Waals surface area contributed by atoms with E-state index in [1.807, 2.05) is 12.1 Å². The van der Waals surface area contributed by atoms with Gasteiger partial charge in [0, 0.05) is 6.04 Å². The third-order valence-corrected chi connectivity index (χ3v) is 3.65. The van der Waals surface area contributed by atoms with Crippen LogP contribution in [0.15, 0.2) is 36.5 Å². The molecule has 1 aliphatic carbocycles. The molecule has 0 radical (unpaired) electrons. The third-order valence-electron chi connectivity index (χ3n) is 3.65. The SMILES string of the molecule is COC(=O)c1cc(F)cnc1NC1Cc2ccccc2C1. The number of anilines is 1. The largest absolute Gasteiger partial charge is 0.465 e. The van der Waals surface area contributed by atoms with Crippen molar-refractivity contribution < 1.29 is 13.9 Å². The Labute approximate surface area is 122 Å². The molecule has 1 heterocycles. The van der Waals surface area contributed by atoms with Crippen molar-refractivity contribution in [1.29, 1.82) is 0 Å². The van der Waals surface area contributed by atoms with Crippen LogP contribution >= 0.6 is 0 Å². The minimum absolute atomic E-state index is 0.119. The number of fused-ring (bicyclic) bond motifs is 1. The molecule has 0 unspecified atom stereocenters. The Morgan fingerprint density at radius 1 is 1.33 bits per heavy atom. The lowest BCUT2D eigenvalue weighted by atomic mass is 10.1. The van der Waals surface area contributed by atoms with Gasteiger partial charge in [0.15, 0.2) is 0 Å². The van der Waals surface area contributed by atoms with E-state index in [0.717, 1.165) is 25.1 Å². The molecule has 0 spiro atoms. The lowest BCUT2D eigenvalue weighted by Gasteiger charge is -2.15. The van der Waals surface area contributed by atoms with Crippen LogP contribution in [0.3, 0.4) is 0 Å². The van der Waals surface area contributed by atoms with Crippen molar-refractivity contribution in [2.45, 2.75) is 18.9 Å². The van der Waals surface area contributed by atoms with Crippen molar-refractivity contribution in [2.75, 3.05) is 12.4 Å². The quantitative estimate of drug-likeness (QED) is 0.881. The molecule has 1 N–H and O–H groups in total. The molecule has 0 atom stereocenters. The van der Waals surface area contributed by atoms with Crippen LogP contribution in [0, 0.1) is 5.82 Å². The van der Waals surface area contributed by atoms with Crippen molar-refractivity contribution in [1.82, 2.24) is 4.98 Å². The van der Waals surface area contributed by atoms with Gasteiger partial charge in [-0.3, -0.25) is 0 Å². The Morgan fingerprint density at radius 3 is 2.62 bits per heavy atom. The van der Waals surface area contributed by atoms with Crippen molar-refractivity contribution >= 4 is 11.8 Å².